The molecule has 1 heterocycles. The Kier molecular flexibility index (Phi) is 5.45. The highest BCUT2D eigenvalue weighted by Gasteiger charge is 2.20. The highest BCUT2D eigenvalue weighted by molar-refractivity contribution is 5.84. The second-order valence-corrected chi connectivity index (χ2v) is 5.04. The van der Waals surface area contributed by atoms with Gasteiger partial charge in [0.05, 0.1) is 13.2 Å². The lowest BCUT2D eigenvalue weighted by Gasteiger charge is -2.30. The van der Waals surface area contributed by atoms with E-state index in [1.807, 2.05) is 30.3 Å². The van der Waals surface area contributed by atoms with E-state index in [0.29, 0.717) is 19.1 Å². The van der Waals surface area contributed by atoms with Crippen LogP contribution in [0.4, 0.5) is 10.5 Å². The van der Waals surface area contributed by atoms with Crippen molar-refractivity contribution in [3.63, 3.8) is 0 Å². The SMILES string of the molecule is C#CCN1CCCC(COC(=O)Nc2ccccc2)C1. The molecule has 1 atom stereocenters. The van der Waals surface area contributed by atoms with Crippen LogP contribution in [0.3, 0.4) is 0 Å². The molecule has 0 spiro atoms. The van der Waals surface area contributed by atoms with Crippen LogP contribution in [0.15, 0.2) is 30.3 Å². The number of benzene rings is 1. The molecule has 106 valence electrons. The van der Waals surface area contributed by atoms with Gasteiger partial charge >= 0.3 is 6.09 Å². The molecule has 0 saturated carbocycles. The number of terminal acetylenes is 1. The Morgan fingerprint density at radius 3 is 3.00 bits per heavy atom. The normalized spacial score (nSPS) is 19.1. The summed E-state index contributed by atoms with van der Waals surface area (Å²) in [6, 6.07) is 9.30. The summed E-state index contributed by atoms with van der Waals surface area (Å²) in [6.07, 6.45) is 7.12. The first-order valence-corrected chi connectivity index (χ1v) is 6.92. The molecule has 1 N–H and O–H groups in total. The van der Waals surface area contributed by atoms with Gasteiger partial charge in [-0.05, 0) is 31.5 Å². The number of carbonyl (C=O) groups excluding carboxylic acids is 1. The van der Waals surface area contributed by atoms with E-state index in [-0.39, 0.29) is 0 Å². The molecule has 1 fully saturated rings. The number of para-hydroxylation sites is 1. The Balaban J connectivity index is 1.72. The molecule has 1 amide bonds. The Morgan fingerprint density at radius 1 is 1.45 bits per heavy atom. The van der Waals surface area contributed by atoms with Gasteiger partial charge in [-0.2, -0.15) is 0 Å². The first-order chi connectivity index (χ1) is 9.78. The number of hydrogen-bond acceptors (Lipinski definition) is 3. The molecule has 1 aromatic rings. The lowest BCUT2D eigenvalue weighted by atomic mass is 9.99. The lowest BCUT2D eigenvalue weighted by molar-refractivity contribution is 0.103. The van der Waals surface area contributed by atoms with Gasteiger partial charge in [0.1, 0.15) is 0 Å². The third kappa shape index (κ3) is 4.60. The number of anilines is 1. The molecule has 1 aliphatic heterocycles. The van der Waals surface area contributed by atoms with Gasteiger partial charge in [-0.25, -0.2) is 4.79 Å². The molecule has 1 unspecified atom stereocenters. The number of nitrogens with one attached hydrogen (secondary N) is 1. The number of hydrogen-bond donors (Lipinski definition) is 1. The minimum absolute atomic E-state index is 0.374. The van der Waals surface area contributed by atoms with E-state index in [1.165, 1.54) is 0 Å². The van der Waals surface area contributed by atoms with Crippen molar-refractivity contribution in [1.29, 1.82) is 0 Å². The van der Waals surface area contributed by atoms with Crippen molar-refractivity contribution < 1.29 is 9.53 Å². The van der Waals surface area contributed by atoms with Crippen LogP contribution in [0.1, 0.15) is 12.8 Å². The third-order valence-corrected chi connectivity index (χ3v) is 3.39. The molecule has 1 aliphatic rings. The molecule has 4 nitrogen and oxygen atoms in total. The maximum Gasteiger partial charge on any atom is 0.411 e. The third-order valence-electron chi connectivity index (χ3n) is 3.39. The highest BCUT2D eigenvalue weighted by Crippen LogP contribution is 2.16. The average molecular weight is 272 g/mol. The van der Waals surface area contributed by atoms with Gasteiger partial charge in [-0.1, -0.05) is 24.1 Å². The first-order valence-electron chi connectivity index (χ1n) is 6.92. The molecule has 20 heavy (non-hydrogen) atoms. The average Bonchev–Trinajstić information content (AvgIpc) is 2.47. The van der Waals surface area contributed by atoms with Crippen molar-refractivity contribution in [3.05, 3.63) is 30.3 Å². The summed E-state index contributed by atoms with van der Waals surface area (Å²) >= 11 is 0. The van der Waals surface area contributed by atoms with Crippen LogP contribution in [-0.4, -0.2) is 37.2 Å². The molecule has 0 bridgehead atoms. The Bertz CT molecular complexity index is 467. The van der Waals surface area contributed by atoms with E-state index in [1.54, 1.807) is 0 Å². The topological polar surface area (TPSA) is 41.6 Å². The quantitative estimate of drug-likeness (QED) is 0.857. The van der Waals surface area contributed by atoms with Gasteiger partial charge in [0.2, 0.25) is 0 Å². The van der Waals surface area contributed by atoms with E-state index >= 15 is 0 Å². The van der Waals surface area contributed by atoms with Crippen molar-refractivity contribution in [2.45, 2.75) is 12.8 Å². The van der Waals surface area contributed by atoms with Crippen molar-refractivity contribution in [3.8, 4) is 12.3 Å². The van der Waals surface area contributed by atoms with Crippen LogP contribution in [0.25, 0.3) is 0 Å². The molecule has 0 aromatic heterocycles. The number of ether oxygens (including phenoxy) is 1. The number of carbonyl (C=O) groups is 1. The number of likely N-dealkylation sites (tertiary alicyclic amines) is 1. The van der Waals surface area contributed by atoms with Gasteiger partial charge in [-0.3, -0.25) is 10.2 Å². The minimum Gasteiger partial charge on any atom is -0.449 e. The van der Waals surface area contributed by atoms with Crippen molar-refractivity contribution in [2.24, 2.45) is 5.92 Å². The number of rotatable bonds is 4. The highest BCUT2D eigenvalue weighted by atomic mass is 16.5. The predicted octanol–water partition coefficient (Wildman–Crippen LogP) is 2.58. The maximum absolute atomic E-state index is 11.7. The van der Waals surface area contributed by atoms with Gasteiger partial charge in [-0.15, -0.1) is 6.42 Å². The maximum atomic E-state index is 11.7. The molecular formula is C16H20N2O2. The summed E-state index contributed by atoms with van der Waals surface area (Å²) in [5.41, 5.74) is 0.745. The van der Waals surface area contributed by atoms with Crippen LogP contribution in [0, 0.1) is 18.3 Å². The zero-order chi connectivity index (χ0) is 14.2. The van der Waals surface area contributed by atoms with E-state index < -0.39 is 6.09 Å². The summed E-state index contributed by atoms with van der Waals surface area (Å²) in [4.78, 5) is 13.9. The predicted molar refractivity (Wildman–Crippen MR) is 79.4 cm³/mol. The number of amides is 1. The summed E-state index contributed by atoms with van der Waals surface area (Å²) in [5, 5.41) is 2.71. The van der Waals surface area contributed by atoms with Crippen LogP contribution in [0.2, 0.25) is 0 Å². The van der Waals surface area contributed by atoms with Gasteiger partial charge in [0.15, 0.2) is 0 Å². The number of piperidine rings is 1. The lowest BCUT2D eigenvalue weighted by Crippen LogP contribution is -2.37. The largest absolute Gasteiger partial charge is 0.449 e. The van der Waals surface area contributed by atoms with E-state index in [2.05, 4.69) is 16.1 Å². The molecule has 4 heteroatoms. The fourth-order valence-electron chi connectivity index (χ4n) is 2.43. The monoisotopic (exact) mass is 272 g/mol. The summed E-state index contributed by atoms with van der Waals surface area (Å²) in [6.45, 7) is 3.06. The van der Waals surface area contributed by atoms with Crippen LogP contribution in [0.5, 0.6) is 0 Å². The minimum atomic E-state index is -0.398. The second-order valence-electron chi connectivity index (χ2n) is 5.04. The van der Waals surface area contributed by atoms with E-state index in [4.69, 9.17) is 11.2 Å². The van der Waals surface area contributed by atoms with Gasteiger partial charge < -0.3 is 4.74 Å². The van der Waals surface area contributed by atoms with Crippen LogP contribution in [-0.2, 0) is 4.74 Å². The Hall–Kier alpha value is -1.99. The summed E-state index contributed by atoms with van der Waals surface area (Å²) in [7, 11) is 0. The van der Waals surface area contributed by atoms with Crippen LogP contribution >= 0.6 is 0 Å². The Morgan fingerprint density at radius 2 is 2.25 bits per heavy atom. The fourth-order valence-corrected chi connectivity index (χ4v) is 2.43. The molecule has 0 aliphatic carbocycles. The van der Waals surface area contributed by atoms with Gasteiger partial charge in [0, 0.05) is 18.2 Å². The van der Waals surface area contributed by atoms with Crippen molar-refractivity contribution >= 4 is 11.8 Å². The standard InChI is InChI=1S/C16H20N2O2/c1-2-10-18-11-6-7-14(12-18)13-20-16(19)17-15-8-4-3-5-9-15/h1,3-5,8-9,14H,6-7,10-13H2,(H,17,19). The second kappa shape index (κ2) is 7.56. The molecule has 2 rings (SSSR count). The fraction of sp³-hybridized carbons (Fsp3) is 0.438. The summed E-state index contributed by atoms with van der Waals surface area (Å²) < 4.78 is 5.28. The van der Waals surface area contributed by atoms with Crippen molar-refractivity contribution in [1.82, 2.24) is 4.90 Å². The first kappa shape index (κ1) is 14.4. The van der Waals surface area contributed by atoms with Crippen molar-refractivity contribution in [2.75, 3.05) is 31.6 Å². The molecule has 0 radical (unpaired) electrons. The van der Waals surface area contributed by atoms with Crippen LogP contribution < -0.4 is 5.32 Å². The Labute approximate surface area is 120 Å². The summed E-state index contributed by atoms with van der Waals surface area (Å²) in [5.74, 6) is 3.04. The number of nitrogens with zero attached hydrogens (tertiary/aromatic N) is 1. The smallest absolute Gasteiger partial charge is 0.411 e. The zero-order valence-electron chi connectivity index (χ0n) is 11.5. The van der Waals surface area contributed by atoms with E-state index in [9.17, 15) is 4.79 Å². The molecule has 1 aromatic carbocycles. The van der Waals surface area contributed by atoms with Gasteiger partial charge in [0.25, 0.3) is 0 Å². The molecular weight excluding hydrogens is 252 g/mol. The van der Waals surface area contributed by atoms with E-state index in [0.717, 1.165) is 31.6 Å². The molecule has 1 saturated heterocycles. The zero-order valence-corrected chi connectivity index (χ0v) is 11.5.